The summed E-state index contributed by atoms with van der Waals surface area (Å²) in [5.74, 6) is 0.497. The molecule has 10 nitrogen and oxygen atoms in total. The first kappa shape index (κ1) is 29.6. The highest BCUT2D eigenvalue weighted by Crippen LogP contribution is 2.26. The van der Waals surface area contributed by atoms with Gasteiger partial charge in [0.15, 0.2) is 5.82 Å². The molecule has 0 saturated carbocycles. The molecule has 0 aliphatic rings. The minimum absolute atomic E-state index is 0.0330. The van der Waals surface area contributed by atoms with Crippen LogP contribution in [0.3, 0.4) is 0 Å². The van der Waals surface area contributed by atoms with Gasteiger partial charge in [0.25, 0.3) is 5.56 Å². The number of nitrogens with one attached hydrogen (secondary N) is 3. The fourth-order valence-corrected chi connectivity index (χ4v) is 5.29. The zero-order valence-electron chi connectivity index (χ0n) is 22.8. The quantitative estimate of drug-likeness (QED) is 0.131. The number of hydrogen-bond donors (Lipinski definition) is 5. The normalized spacial score (nSPS) is 12.6. The highest BCUT2D eigenvalue weighted by molar-refractivity contribution is 7.85. The summed E-state index contributed by atoms with van der Waals surface area (Å²) in [5, 5.41) is 13.4. The van der Waals surface area contributed by atoms with E-state index in [-0.39, 0.29) is 42.6 Å². The lowest BCUT2D eigenvalue weighted by molar-refractivity contribution is -0.121. The number of rotatable bonds is 12. The minimum atomic E-state index is -1.27. The van der Waals surface area contributed by atoms with E-state index in [0.29, 0.717) is 33.2 Å². The summed E-state index contributed by atoms with van der Waals surface area (Å²) in [6, 6.07) is 12.0. The third kappa shape index (κ3) is 8.00. The van der Waals surface area contributed by atoms with Crippen LogP contribution in [0.4, 0.5) is 11.5 Å². The molecule has 3 rings (SSSR count). The van der Waals surface area contributed by atoms with Gasteiger partial charge in [-0.05, 0) is 43.5 Å². The number of carbonyl (C=O) groups excluding carboxylic acids is 1. The Kier molecular flexibility index (Phi) is 10.00. The molecule has 1 aromatic heterocycles. The molecule has 0 fully saturated rings. The molecule has 2 unspecified atom stereocenters. The van der Waals surface area contributed by atoms with Crippen LogP contribution in [0.15, 0.2) is 58.4 Å². The molecule has 7 N–H and O–H groups in total. The van der Waals surface area contributed by atoms with Crippen molar-refractivity contribution in [2.45, 2.75) is 58.1 Å². The Morgan fingerprint density at radius 2 is 1.85 bits per heavy atom. The van der Waals surface area contributed by atoms with E-state index >= 15 is 0 Å². The van der Waals surface area contributed by atoms with Crippen molar-refractivity contribution in [2.75, 3.05) is 16.8 Å². The maximum absolute atomic E-state index is 13.4. The Bertz CT molecular complexity index is 1420. The molecule has 0 radical (unpaired) electrons. The summed E-state index contributed by atoms with van der Waals surface area (Å²) < 4.78 is 14.4. The van der Waals surface area contributed by atoms with Gasteiger partial charge in [-0.25, -0.2) is 4.98 Å². The number of amides is 1. The van der Waals surface area contributed by atoms with Crippen LogP contribution in [-0.2, 0) is 28.7 Å². The molecule has 0 aliphatic carbocycles. The third-order valence-electron chi connectivity index (χ3n) is 6.16. The third-order valence-corrected chi connectivity index (χ3v) is 7.79. The predicted molar refractivity (Wildman–Crippen MR) is 157 cm³/mol. The number of nitrogen functional groups attached to an aromatic ring is 2. The molecule has 2 aromatic carbocycles. The second-order valence-corrected chi connectivity index (χ2v) is 11.4. The summed E-state index contributed by atoms with van der Waals surface area (Å²) in [6.07, 6.45) is 2.43. The molecule has 3 aromatic rings. The van der Waals surface area contributed by atoms with E-state index in [2.05, 4.69) is 22.5 Å². The van der Waals surface area contributed by atoms with E-state index in [1.54, 1.807) is 42.5 Å². The molecule has 1 heterocycles. The molecule has 0 spiro atoms. The number of benzene rings is 2. The minimum Gasteiger partial charge on any atom is -0.399 e. The SMILES string of the molecule is CCC(C)CS(=O)c1cc(N)cc(-c2cnc(NC(C)C)c(=O)n2CC(=O)NCc2ccc(C(=N)N)cc2)c1. The van der Waals surface area contributed by atoms with Crippen LogP contribution in [0, 0.1) is 11.3 Å². The van der Waals surface area contributed by atoms with Crippen molar-refractivity contribution in [3.63, 3.8) is 0 Å². The Morgan fingerprint density at radius 1 is 1.15 bits per heavy atom. The van der Waals surface area contributed by atoms with E-state index < -0.39 is 16.4 Å². The lowest BCUT2D eigenvalue weighted by atomic mass is 10.1. The monoisotopic (exact) mass is 551 g/mol. The number of carbonyl (C=O) groups is 1. The first-order valence-electron chi connectivity index (χ1n) is 12.8. The zero-order chi connectivity index (χ0) is 28.7. The van der Waals surface area contributed by atoms with Crippen LogP contribution < -0.4 is 27.7 Å². The number of aromatic nitrogens is 2. The van der Waals surface area contributed by atoms with Crippen molar-refractivity contribution in [1.29, 1.82) is 5.41 Å². The summed E-state index contributed by atoms with van der Waals surface area (Å²) in [4.78, 5) is 31.3. The van der Waals surface area contributed by atoms with Gasteiger partial charge in [-0.2, -0.15) is 0 Å². The van der Waals surface area contributed by atoms with Gasteiger partial charge in [-0.3, -0.25) is 23.8 Å². The highest BCUT2D eigenvalue weighted by Gasteiger charge is 2.18. The Hall–Kier alpha value is -3.99. The van der Waals surface area contributed by atoms with Gasteiger partial charge in [0, 0.05) is 40.0 Å². The molecule has 0 bridgehead atoms. The van der Waals surface area contributed by atoms with Crippen molar-refractivity contribution >= 4 is 34.0 Å². The van der Waals surface area contributed by atoms with E-state index in [1.807, 2.05) is 20.8 Å². The van der Waals surface area contributed by atoms with Crippen LogP contribution in [0.25, 0.3) is 11.3 Å². The smallest absolute Gasteiger partial charge is 0.294 e. The number of hydrogen-bond acceptors (Lipinski definition) is 7. The van der Waals surface area contributed by atoms with Crippen LogP contribution in [0.5, 0.6) is 0 Å². The first-order valence-corrected chi connectivity index (χ1v) is 14.2. The highest BCUT2D eigenvalue weighted by atomic mass is 32.2. The Labute approximate surface area is 231 Å². The second-order valence-electron chi connectivity index (χ2n) is 9.89. The maximum atomic E-state index is 13.4. The van der Waals surface area contributed by atoms with Gasteiger partial charge in [-0.15, -0.1) is 0 Å². The van der Waals surface area contributed by atoms with Crippen molar-refractivity contribution in [2.24, 2.45) is 11.7 Å². The summed E-state index contributed by atoms with van der Waals surface area (Å²) >= 11 is 0. The average molecular weight is 552 g/mol. The predicted octanol–water partition coefficient (Wildman–Crippen LogP) is 3.07. The molecule has 39 heavy (non-hydrogen) atoms. The van der Waals surface area contributed by atoms with Gasteiger partial charge >= 0.3 is 0 Å². The molecule has 0 aliphatic heterocycles. The molecule has 208 valence electrons. The number of nitrogens with zero attached hydrogens (tertiary/aromatic N) is 2. The molecule has 2 atom stereocenters. The lowest BCUT2D eigenvalue weighted by Gasteiger charge is -2.17. The Morgan fingerprint density at radius 3 is 2.46 bits per heavy atom. The van der Waals surface area contributed by atoms with Crippen LogP contribution >= 0.6 is 0 Å². The standard InChI is InChI=1S/C28H37N7O3S/c1-5-18(4)16-39(38)23-11-21(10-22(29)12-23)24-14-33-27(34-17(2)3)28(37)35(24)15-25(36)32-13-19-6-8-20(9-7-19)26(30)31/h6-12,14,17-18H,5,13,15-16,29H2,1-4H3,(H3,30,31)(H,32,36)(H,33,34). The van der Waals surface area contributed by atoms with Crippen molar-refractivity contribution in [3.8, 4) is 11.3 Å². The van der Waals surface area contributed by atoms with Crippen molar-refractivity contribution in [3.05, 3.63) is 70.1 Å². The Balaban J connectivity index is 1.93. The van der Waals surface area contributed by atoms with E-state index in [1.165, 1.54) is 10.8 Å². The summed E-state index contributed by atoms with van der Waals surface area (Å²) in [5.41, 5.74) is 14.0. The number of nitrogens with two attached hydrogens (primary N) is 2. The van der Waals surface area contributed by atoms with Gasteiger partial charge in [0.1, 0.15) is 12.4 Å². The fraction of sp³-hybridized carbons (Fsp3) is 0.357. The lowest BCUT2D eigenvalue weighted by Crippen LogP contribution is -2.35. The zero-order valence-corrected chi connectivity index (χ0v) is 23.6. The van der Waals surface area contributed by atoms with Crippen LogP contribution in [-0.4, -0.2) is 37.3 Å². The van der Waals surface area contributed by atoms with Gasteiger partial charge < -0.3 is 22.1 Å². The maximum Gasteiger partial charge on any atom is 0.294 e. The second kappa shape index (κ2) is 13.2. The topological polar surface area (TPSA) is 169 Å². The van der Waals surface area contributed by atoms with Crippen LogP contribution in [0.2, 0.25) is 0 Å². The van der Waals surface area contributed by atoms with Crippen molar-refractivity contribution < 1.29 is 9.00 Å². The summed E-state index contributed by atoms with van der Waals surface area (Å²) in [7, 11) is -1.27. The molecular formula is C28H37N7O3S. The van der Waals surface area contributed by atoms with E-state index in [4.69, 9.17) is 16.9 Å². The van der Waals surface area contributed by atoms with Gasteiger partial charge in [0.2, 0.25) is 5.91 Å². The molecule has 11 heteroatoms. The van der Waals surface area contributed by atoms with E-state index in [0.717, 1.165) is 12.0 Å². The summed E-state index contributed by atoms with van der Waals surface area (Å²) in [6.45, 7) is 7.86. The number of amidine groups is 1. The number of anilines is 2. The van der Waals surface area contributed by atoms with Gasteiger partial charge in [0.05, 0.1) is 22.7 Å². The van der Waals surface area contributed by atoms with Gasteiger partial charge in [-0.1, -0.05) is 44.5 Å². The molecule has 1 amide bonds. The largest absolute Gasteiger partial charge is 0.399 e. The molecular weight excluding hydrogens is 514 g/mol. The fourth-order valence-electron chi connectivity index (χ4n) is 3.82. The molecule has 0 saturated heterocycles. The van der Waals surface area contributed by atoms with Crippen LogP contribution in [0.1, 0.15) is 45.2 Å². The first-order chi connectivity index (χ1) is 18.5. The van der Waals surface area contributed by atoms with Crippen molar-refractivity contribution in [1.82, 2.24) is 14.9 Å². The average Bonchev–Trinajstić information content (AvgIpc) is 2.89. The van der Waals surface area contributed by atoms with E-state index in [9.17, 15) is 13.8 Å².